The molecule has 0 atom stereocenters. The summed E-state index contributed by atoms with van der Waals surface area (Å²) in [6.07, 6.45) is -0.973. The van der Waals surface area contributed by atoms with Gasteiger partial charge in [-0.25, -0.2) is 29.9 Å². The first-order valence-corrected chi connectivity index (χ1v) is 45.6. The van der Waals surface area contributed by atoms with E-state index >= 15 is 38.4 Å². The first-order valence-electron chi connectivity index (χ1n) is 45.6. The monoisotopic (exact) mass is 1810 g/mol. The minimum atomic E-state index is -2.20. The zero-order chi connectivity index (χ0) is 94.8. The van der Waals surface area contributed by atoms with Crippen LogP contribution in [0.25, 0.3) is 134 Å². The van der Waals surface area contributed by atoms with Crippen molar-refractivity contribution in [2.45, 2.75) is 103 Å². The Labute approximate surface area is 784 Å². The number of fused-ring (bicyclic) bond motifs is 20. The third-order valence-electron chi connectivity index (χ3n) is 24.9. The SMILES string of the molecule is CCOC(=O)C(Cc1ccc(-c2ccccc2)cc1)(C(=O)OCC)c1ccc2c(c1)-c1nc-2nc2[nH]c(nc3nc(nc4[nH]c(n1)c1ccc(C(Cc5ccc(-c6ccccc6)cc5)(C(=O)OCC)C(=O)OCC)cc41)-c1ccc(C(Cc4ccc(-c5ccccc5)cc4)(C(=O)OCC)C(=O)OCC)cc1-3)c1ccc(C(Cc3ccc(-c4ccccc4)cc3)(C(=O)OCC)C(=O)OCC)cc21. The molecular weight excluding hydrogens is 1710 g/mol. The predicted octanol–water partition coefficient (Wildman–Crippen LogP) is 20.0. The Morgan fingerprint density at radius 3 is 0.640 bits per heavy atom. The molecule has 0 spiro atoms. The lowest BCUT2D eigenvalue weighted by atomic mass is 9.74. The van der Waals surface area contributed by atoms with Crippen molar-refractivity contribution in [2.75, 3.05) is 52.9 Å². The highest BCUT2D eigenvalue weighted by Gasteiger charge is 2.55. The number of H-pyrrole nitrogens is 2. The molecule has 0 unspecified atom stereocenters. The Balaban J connectivity index is 0.968. The molecule has 2 aliphatic rings. The highest BCUT2D eigenvalue weighted by molar-refractivity contribution is 6.14. The van der Waals surface area contributed by atoms with Crippen LogP contribution in [0, 0.1) is 0 Å². The summed E-state index contributed by atoms with van der Waals surface area (Å²) < 4.78 is 47.9. The first-order chi connectivity index (χ1) is 66.2. The van der Waals surface area contributed by atoms with Gasteiger partial charge in [-0.2, -0.15) is 0 Å². The van der Waals surface area contributed by atoms with Crippen LogP contribution in [0.3, 0.4) is 0 Å². The van der Waals surface area contributed by atoms with E-state index in [9.17, 15) is 0 Å². The van der Waals surface area contributed by atoms with Crippen molar-refractivity contribution in [1.82, 2.24) is 39.9 Å². The fourth-order valence-electron chi connectivity index (χ4n) is 18.2. The molecule has 3 aromatic heterocycles. The summed E-state index contributed by atoms with van der Waals surface area (Å²) in [6.45, 7) is 12.3. The molecule has 12 aromatic carbocycles. The molecule has 0 saturated carbocycles. The van der Waals surface area contributed by atoms with Gasteiger partial charge >= 0.3 is 47.8 Å². The van der Waals surface area contributed by atoms with Gasteiger partial charge in [0, 0.05) is 69.5 Å². The summed E-state index contributed by atoms with van der Waals surface area (Å²) in [5, 5.41) is 1.24. The Bertz CT molecular complexity index is 6750. The lowest BCUT2D eigenvalue weighted by Crippen LogP contribution is -2.48. The van der Waals surface area contributed by atoms with E-state index in [1.807, 2.05) is 218 Å². The van der Waals surface area contributed by atoms with Gasteiger partial charge in [0.05, 0.1) is 52.9 Å². The van der Waals surface area contributed by atoms with Gasteiger partial charge in [-0.15, -0.1) is 0 Å². The molecule has 2 N–H and O–H groups in total. The molecular formula is C112H98N8O16. The molecule has 2 aliphatic heterocycles. The Morgan fingerprint density at radius 2 is 0.412 bits per heavy atom. The van der Waals surface area contributed by atoms with Crippen molar-refractivity contribution in [2.24, 2.45) is 0 Å². The van der Waals surface area contributed by atoms with Crippen LogP contribution in [-0.4, -0.2) is 140 Å². The van der Waals surface area contributed by atoms with Crippen LogP contribution in [0.15, 0.2) is 291 Å². The molecule has 24 nitrogen and oxygen atoms in total. The zero-order valence-corrected chi connectivity index (χ0v) is 76.4. The number of hydrogen-bond donors (Lipinski definition) is 2. The molecule has 5 heterocycles. The molecule has 0 saturated heterocycles. The number of aromatic nitrogens is 8. The molecule has 0 aliphatic carbocycles. The minimum Gasteiger partial charge on any atom is -0.465 e. The van der Waals surface area contributed by atoms with E-state index in [-0.39, 0.29) is 169 Å². The second-order valence-corrected chi connectivity index (χ2v) is 33.0. The van der Waals surface area contributed by atoms with E-state index in [4.69, 9.17) is 67.8 Å². The molecule has 17 rings (SSSR count). The van der Waals surface area contributed by atoms with Crippen molar-refractivity contribution < 1.29 is 76.3 Å². The van der Waals surface area contributed by atoms with Crippen molar-refractivity contribution in [3.63, 3.8) is 0 Å². The van der Waals surface area contributed by atoms with E-state index in [0.717, 1.165) is 44.5 Å². The number of rotatable bonds is 32. The summed E-state index contributed by atoms with van der Waals surface area (Å²) >= 11 is 0. The predicted molar refractivity (Wildman–Crippen MR) is 518 cm³/mol. The van der Waals surface area contributed by atoms with Crippen LogP contribution in [0.5, 0.6) is 0 Å². The highest BCUT2D eigenvalue weighted by atomic mass is 16.6. The summed E-state index contributed by atoms with van der Waals surface area (Å²) in [4.78, 5) is 164. The fraction of sp³-hybridized carbons (Fsp3) is 0.214. The maximum atomic E-state index is 15.5. The van der Waals surface area contributed by atoms with Crippen molar-refractivity contribution in [3.8, 4) is 90.1 Å². The van der Waals surface area contributed by atoms with Crippen LogP contribution in [0.4, 0.5) is 0 Å². The van der Waals surface area contributed by atoms with E-state index in [0.29, 0.717) is 44.2 Å². The van der Waals surface area contributed by atoms with Gasteiger partial charge in [-0.05, 0) is 169 Å². The molecule has 0 radical (unpaired) electrons. The minimum absolute atomic E-state index is 0.00345. The number of ether oxygens (including phenoxy) is 8. The number of nitrogens with zero attached hydrogens (tertiary/aromatic N) is 6. The molecule has 682 valence electrons. The molecule has 24 heteroatoms. The van der Waals surface area contributed by atoms with Crippen LogP contribution in [-0.2, 0) is 124 Å². The van der Waals surface area contributed by atoms with E-state index in [2.05, 4.69) is 9.97 Å². The third kappa shape index (κ3) is 17.4. The Kier molecular flexibility index (Phi) is 26.7. The number of nitrogens with one attached hydrogen (secondary N) is 2. The largest absolute Gasteiger partial charge is 0.465 e. The number of hydrogen-bond acceptors (Lipinski definition) is 22. The average Bonchev–Trinajstić information content (AvgIpc) is 1.55. The summed E-state index contributed by atoms with van der Waals surface area (Å²) in [6, 6.07) is 89.1. The lowest BCUT2D eigenvalue weighted by Gasteiger charge is -2.30. The number of esters is 8. The quantitative estimate of drug-likeness (QED) is 0.0225. The molecule has 136 heavy (non-hydrogen) atoms. The number of carbonyl (C=O) groups is 8. The van der Waals surface area contributed by atoms with Gasteiger partial charge in [0.25, 0.3) is 0 Å². The standard InChI is InChI=1S/C112H98N8O16/c1-9-129-101(121)109(102(122)130-10-2,65-69-37-45-77(46-38-69)73-29-21-17-22-30-73)81-53-57-85-89(61-81)97-113-93(85)118-98-91-63-83(111(105(125)133-13-5,106(126)134-14-6)67-71-41-49-79(50-42-71)75-33-25-19-26-34-75)55-59-87(91)95(115-98)120-100-92-64-84(112(107(127)135-15-7,108(128)136-16-8)68-72-43-51-80(52-44-72)76-35-27-20-28-36-76)56-60-88(92)96(116-100)119-99-90-62-82(54-58-86(90)94(114-99)117-97)110(103(123)131-11-3,104(124)132-12-4)66-70-39-47-78(48-40-70)74-31-23-18-24-32-74/h17-64H,9-16,65-68H2,1-8H3,(H2,113,114,115,116,117,118,119,120). The van der Waals surface area contributed by atoms with Crippen molar-refractivity contribution in [1.29, 1.82) is 0 Å². The molecule has 0 amide bonds. The molecule has 15 aromatic rings. The van der Waals surface area contributed by atoms with Crippen molar-refractivity contribution in [3.05, 3.63) is 336 Å². The van der Waals surface area contributed by atoms with Gasteiger partial charge in [0.1, 0.15) is 22.6 Å². The smallest absolute Gasteiger partial charge is 0.328 e. The second kappa shape index (κ2) is 39.7. The molecule has 8 bridgehead atoms. The van der Waals surface area contributed by atoms with Gasteiger partial charge in [-0.1, -0.05) is 267 Å². The van der Waals surface area contributed by atoms with Crippen LogP contribution < -0.4 is 0 Å². The number of aromatic amines is 2. The van der Waals surface area contributed by atoms with Gasteiger partial charge < -0.3 is 47.9 Å². The number of carbonyl (C=O) groups excluding carboxylic acids is 8. The van der Waals surface area contributed by atoms with Crippen LogP contribution in [0.1, 0.15) is 99.9 Å². The van der Waals surface area contributed by atoms with Crippen LogP contribution in [0.2, 0.25) is 0 Å². The van der Waals surface area contributed by atoms with Gasteiger partial charge in [-0.3, -0.25) is 38.4 Å². The summed E-state index contributed by atoms with van der Waals surface area (Å²) in [5.74, 6) is -7.25. The first kappa shape index (κ1) is 91.6. The third-order valence-corrected chi connectivity index (χ3v) is 24.9. The highest BCUT2D eigenvalue weighted by Crippen LogP contribution is 2.47. The maximum Gasteiger partial charge on any atom is 0.328 e. The van der Waals surface area contributed by atoms with Crippen molar-refractivity contribution >= 4 is 91.9 Å². The maximum absolute atomic E-state index is 15.5. The van der Waals surface area contributed by atoms with E-state index in [1.54, 1.807) is 128 Å². The normalized spacial score (nSPS) is 11.8. The Hall–Kier alpha value is -16.2. The fourth-order valence-corrected chi connectivity index (χ4v) is 18.2. The second-order valence-electron chi connectivity index (χ2n) is 33.0. The van der Waals surface area contributed by atoms with Gasteiger partial charge in [0.15, 0.2) is 45.0 Å². The van der Waals surface area contributed by atoms with E-state index < -0.39 is 69.4 Å². The summed E-state index contributed by atoms with van der Waals surface area (Å²) in [5.41, 5.74) is 2.84. The topological polar surface area (TPSA) is 319 Å². The average molecular weight is 1810 g/mol. The Morgan fingerprint density at radius 1 is 0.213 bits per heavy atom. The molecule has 0 fully saturated rings. The lowest BCUT2D eigenvalue weighted by molar-refractivity contribution is -0.166. The summed E-state index contributed by atoms with van der Waals surface area (Å²) in [7, 11) is 0. The number of benzene rings is 12. The zero-order valence-electron chi connectivity index (χ0n) is 76.4. The van der Waals surface area contributed by atoms with Gasteiger partial charge in [0.2, 0.25) is 0 Å². The van der Waals surface area contributed by atoms with Crippen LogP contribution >= 0.6 is 0 Å². The van der Waals surface area contributed by atoms with E-state index in [1.165, 1.54) is 0 Å².